The molecular formula is C17H10F4N2OS. The average Bonchev–Trinajstić information content (AvgIpc) is 2.54. The maximum Gasteiger partial charge on any atom is 0.416 e. The number of benzene rings is 2. The third kappa shape index (κ3) is 3.25. The predicted octanol–water partition coefficient (Wildman–Crippen LogP) is 4.37. The van der Waals surface area contributed by atoms with Crippen LogP contribution in [0.3, 0.4) is 0 Å². The van der Waals surface area contributed by atoms with Crippen LogP contribution in [-0.2, 0) is 6.18 Å². The van der Waals surface area contributed by atoms with E-state index in [1.54, 1.807) is 0 Å². The van der Waals surface area contributed by atoms with E-state index < -0.39 is 17.6 Å². The first-order chi connectivity index (χ1) is 11.7. The van der Waals surface area contributed by atoms with Gasteiger partial charge in [0.2, 0.25) is 5.55 Å². The van der Waals surface area contributed by atoms with Gasteiger partial charge in [0.25, 0.3) is 0 Å². The van der Waals surface area contributed by atoms with Crippen molar-refractivity contribution in [3.05, 3.63) is 65.0 Å². The Morgan fingerprint density at radius 1 is 1.04 bits per heavy atom. The van der Waals surface area contributed by atoms with Crippen molar-refractivity contribution in [1.29, 1.82) is 5.41 Å². The Bertz CT molecular complexity index is 1040. The van der Waals surface area contributed by atoms with Gasteiger partial charge >= 0.3 is 6.18 Å². The number of nitrogens with two attached hydrogens (primary N) is 1. The van der Waals surface area contributed by atoms with E-state index in [0.717, 1.165) is 18.2 Å². The summed E-state index contributed by atoms with van der Waals surface area (Å²) in [4.78, 5) is -0.0732. The number of rotatable bonds is 2. The van der Waals surface area contributed by atoms with E-state index in [1.807, 2.05) is 0 Å². The monoisotopic (exact) mass is 366 g/mol. The summed E-state index contributed by atoms with van der Waals surface area (Å²) in [6.07, 6.45) is -4.44. The lowest BCUT2D eigenvalue weighted by molar-refractivity contribution is -0.137. The van der Waals surface area contributed by atoms with E-state index >= 15 is 0 Å². The van der Waals surface area contributed by atoms with Crippen molar-refractivity contribution in [2.45, 2.75) is 6.18 Å². The minimum Gasteiger partial charge on any atom is -0.435 e. The number of hydrogen-bond acceptors (Lipinski definition) is 3. The fourth-order valence-corrected chi connectivity index (χ4v) is 2.56. The van der Waals surface area contributed by atoms with E-state index in [-0.39, 0.29) is 21.7 Å². The number of alkyl halides is 3. The van der Waals surface area contributed by atoms with Crippen LogP contribution in [0.2, 0.25) is 0 Å². The molecule has 0 radical (unpaired) electrons. The van der Waals surface area contributed by atoms with Crippen molar-refractivity contribution >= 4 is 28.2 Å². The lowest BCUT2D eigenvalue weighted by Crippen LogP contribution is -2.19. The Morgan fingerprint density at radius 3 is 2.24 bits per heavy atom. The molecule has 0 aliphatic carbocycles. The second-order valence-electron chi connectivity index (χ2n) is 5.30. The summed E-state index contributed by atoms with van der Waals surface area (Å²) in [5.41, 5.74) is 5.11. The fourth-order valence-electron chi connectivity index (χ4n) is 2.41. The molecule has 128 valence electrons. The van der Waals surface area contributed by atoms with Gasteiger partial charge in [0, 0.05) is 5.39 Å². The van der Waals surface area contributed by atoms with Crippen molar-refractivity contribution < 1.29 is 22.0 Å². The molecule has 0 atom stereocenters. The minimum absolute atomic E-state index is 0.0732. The van der Waals surface area contributed by atoms with Crippen molar-refractivity contribution in [3.8, 4) is 11.1 Å². The maximum absolute atomic E-state index is 14.3. The van der Waals surface area contributed by atoms with Crippen molar-refractivity contribution in [2.24, 2.45) is 5.73 Å². The van der Waals surface area contributed by atoms with E-state index in [0.29, 0.717) is 16.5 Å². The van der Waals surface area contributed by atoms with Gasteiger partial charge in [-0.25, -0.2) is 4.39 Å². The highest BCUT2D eigenvalue weighted by atomic mass is 32.1. The summed E-state index contributed by atoms with van der Waals surface area (Å²) in [5, 5.41) is 7.97. The van der Waals surface area contributed by atoms with Gasteiger partial charge in [-0.2, -0.15) is 13.2 Å². The minimum atomic E-state index is -4.44. The van der Waals surface area contributed by atoms with Gasteiger partial charge in [0.15, 0.2) is 11.4 Å². The molecule has 8 heteroatoms. The number of halogens is 4. The summed E-state index contributed by atoms with van der Waals surface area (Å²) < 4.78 is 57.3. The maximum atomic E-state index is 14.3. The molecule has 0 amide bonds. The SMILES string of the molecule is N=c1oc2c(F)cc(-c3ccc(C(F)(F)F)cc3)cc2cc1C(N)=S. The fraction of sp³-hybridized carbons (Fsp3) is 0.0588. The highest BCUT2D eigenvalue weighted by Gasteiger charge is 2.30. The summed E-state index contributed by atoms with van der Waals surface area (Å²) in [7, 11) is 0. The van der Waals surface area contributed by atoms with Gasteiger partial charge in [-0.1, -0.05) is 24.4 Å². The molecule has 0 aliphatic heterocycles. The summed E-state index contributed by atoms with van der Waals surface area (Å²) >= 11 is 4.82. The lowest BCUT2D eigenvalue weighted by atomic mass is 10.0. The summed E-state index contributed by atoms with van der Waals surface area (Å²) in [6.45, 7) is 0. The largest absolute Gasteiger partial charge is 0.435 e. The van der Waals surface area contributed by atoms with Crippen LogP contribution >= 0.6 is 12.2 Å². The number of fused-ring (bicyclic) bond motifs is 1. The van der Waals surface area contributed by atoms with Crippen LogP contribution in [0.25, 0.3) is 22.1 Å². The zero-order valence-corrected chi connectivity index (χ0v) is 13.3. The molecule has 3 rings (SSSR count). The third-order valence-corrected chi connectivity index (χ3v) is 3.85. The first-order valence-electron chi connectivity index (χ1n) is 6.96. The first-order valence-corrected chi connectivity index (χ1v) is 7.37. The zero-order valence-electron chi connectivity index (χ0n) is 12.4. The molecule has 0 bridgehead atoms. The Morgan fingerprint density at radius 2 is 1.68 bits per heavy atom. The average molecular weight is 366 g/mol. The number of hydrogen-bond donors (Lipinski definition) is 2. The van der Waals surface area contributed by atoms with Crippen LogP contribution in [-0.4, -0.2) is 4.99 Å². The highest BCUT2D eigenvalue weighted by molar-refractivity contribution is 7.80. The number of thiocarbonyl (C=S) groups is 1. The van der Waals surface area contributed by atoms with Gasteiger partial charge in [-0.3, -0.25) is 5.41 Å². The number of nitrogens with one attached hydrogen (secondary N) is 1. The summed E-state index contributed by atoms with van der Waals surface area (Å²) in [5.74, 6) is -0.740. The van der Waals surface area contributed by atoms with Crippen LogP contribution in [0.15, 0.2) is 46.9 Å². The molecule has 3 N–H and O–H groups in total. The molecule has 2 aromatic carbocycles. The van der Waals surface area contributed by atoms with Crippen molar-refractivity contribution in [1.82, 2.24) is 0 Å². The molecule has 0 spiro atoms. The smallest absolute Gasteiger partial charge is 0.416 e. The standard InChI is InChI=1S/C17H10F4N2OS/c18-13-7-9(8-1-3-11(4-2-8)17(19,20)21)5-10-6-12(16(23)25)15(22)24-14(10)13/h1-7,22H,(H2,23,25). The van der Waals surface area contributed by atoms with Gasteiger partial charge < -0.3 is 10.2 Å². The van der Waals surface area contributed by atoms with Crippen molar-refractivity contribution in [3.63, 3.8) is 0 Å². The van der Waals surface area contributed by atoms with Gasteiger partial charge in [-0.05, 0) is 41.5 Å². The molecule has 1 aromatic heterocycles. The Kier molecular flexibility index (Phi) is 4.08. The normalized spacial score (nSPS) is 11.7. The van der Waals surface area contributed by atoms with Gasteiger partial charge in [-0.15, -0.1) is 0 Å². The molecule has 1 heterocycles. The van der Waals surface area contributed by atoms with Crippen LogP contribution in [0.5, 0.6) is 0 Å². The molecule has 3 nitrogen and oxygen atoms in total. The van der Waals surface area contributed by atoms with Crippen LogP contribution < -0.4 is 11.3 Å². The Hall–Kier alpha value is -2.74. The highest BCUT2D eigenvalue weighted by Crippen LogP contribution is 2.32. The van der Waals surface area contributed by atoms with Crippen LogP contribution in [0.1, 0.15) is 11.1 Å². The third-order valence-electron chi connectivity index (χ3n) is 3.63. The molecule has 0 unspecified atom stereocenters. The van der Waals surface area contributed by atoms with Gasteiger partial charge in [0.1, 0.15) is 4.99 Å². The molecule has 0 fully saturated rings. The van der Waals surface area contributed by atoms with Gasteiger partial charge in [0.05, 0.1) is 11.1 Å². The Labute approximate surface area is 144 Å². The first kappa shape index (κ1) is 17.1. The summed E-state index contributed by atoms with van der Waals surface area (Å²) in [6, 6.07) is 8.45. The molecule has 0 saturated heterocycles. The second-order valence-corrected chi connectivity index (χ2v) is 5.74. The lowest BCUT2D eigenvalue weighted by Gasteiger charge is -2.09. The molecule has 25 heavy (non-hydrogen) atoms. The van der Waals surface area contributed by atoms with E-state index in [4.69, 9.17) is 27.8 Å². The zero-order chi connectivity index (χ0) is 18.4. The van der Waals surface area contributed by atoms with E-state index in [9.17, 15) is 17.6 Å². The molecule has 0 aliphatic rings. The van der Waals surface area contributed by atoms with Crippen molar-refractivity contribution in [2.75, 3.05) is 0 Å². The quantitative estimate of drug-likeness (QED) is 0.523. The van der Waals surface area contributed by atoms with Crippen LogP contribution in [0, 0.1) is 11.2 Å². The molecule has 3 aromatic rings. The topological polar surface area (TPSA) is 63.0 Å². The van der Waals surface area contributed by atoms with Crippen LogP contribution in [0.4, 0.5) is 17.6 Å². The Balaban J connectivity index is 2.16. The second kappa shape index (κ2) is 5.96. The van der Waals surface area contributed by atoms with E-state index in [1.165, 1.54) is 24.3 Å². The van der Waals surface area contributed by atoms with E-state index in [2.05, 4.69) is 0 Å². The molecular weight excluding hydrogens is 356 g/mol. The molecule has 0 saturated carbocycles. The predicted molar refractivity (Wildman–Crippen MR) is 88.4 cm³/mol.